The summed E-state index contributed by atoms with van der Waals surface area (Å²) in [5.41, 5.74) is 2.56. The second kappa shape index (κ2) is 6.36. The largest absolute Gasteiger partial charge is 0.465 e. The van der Waals surface area contributed by atoms with Crippen LogP contribution in [0, 0.1) is 0 Å². The topological polar surface area (TPSA) is 68.4 Å². The molecule has 23 heavy (non-hydrogen) atoms. The number of carbonyl (C=O) groups excluding carboxylic acids is 2. The number of ether oxygens (including phenoxy) is 2. The summed E-state index contributed by atoms with van der Waals surface area (Å²) >= 11 is 0. The van der Waals surface area contributed by atoms with Gasteiger partial charge in [-0.3, -0.25) is 0 Å². The first-order chi connectivity index (χ1) is 11.2. The van der Waals surface area contributed by atoms with Gasteiger partial charge in [-0.1, -0.05) is 30.3 Å². The number of aromatic amines is 1. The van der Waals surface area contributed by atoms with Crippen molar-refractivity contribution in [2.45, 2.75) is 6.61 Å². The van der Waals surface area contributed by atoms with Gasteiger partial charge in [0.15, 0.2) is 0 Å². The first-order valence-electron chi connectivity index (χ1n) is 7.09. The number of para-hydroxylation sites is 1. The lowest BCUT2D eigenvalue weighted by molar-refractivity contribution is 0.0465. The van der Waals surface area contributed by atoms with Crippen molar-refractivity contribution >= 4 is 22.8 Å². The van der Waals surface area contributed by atoms with Crippen molar-refractivity contribution in [1.29, 1.82) is 0 Å². The molecule has 5 heteroatoms. The Morgan fingerprint density at radius 3 is 2.43 bits per heavy atom. The fourth-order valence-corrected chi connectivity index (χ4v) is 2.26. The number of hydrogen-bond acceptors (Lipinski definition) is 4. The highest BCUT2D eigenvalue weighted by atomic mass is 16.5. The third-order valence-corrected chi connectivity index (χ3v) is 3.49. The van der Waals surface area contributed by atoms with Gasteiger partial charge in [0.05, 0.1) is 12.7 Å². The van der Waals surface area contributed by atoms with Crippen LogP contribution in [0.15, 0.2) is 54.6 Å². The molecule has 0 aliphatic carbocycles. The minimum atomic E-state index is -0.418. The molecule has 0 fully saturated rings. The zero-order valence-corrected chi connectivity index (χ0v) is 12.5. The van der Waals surface area contributed by atoms with Gasteiger partial charge >= 0.3 is 11.9 Å². The van der Waals surface area contributed by atoms with E-state index in [1.807, 2.05) is 24.3 Å². The molecule has 0 saturated heterocycles. The van der Waals surface area contributed by atoms with Crippen LogP contribution in [0.1, 0.15) is 26.4 Å². The smallest absolute Gasteiger partial charge is 0.355 e. The van der Waals surface area contributed by atoms with Crippen LogP contribution >= 0.6 is 0 Å². The van der Waals surface area contributed by atoms with E-state index in [2.05, 4.69) is 9.72 Å². The molecular weight excluding hydrogens is 294 g/mol. The van der Waals surface area contributed by atoms with E-state index in [9.17, 15) is 9.59 Å². The molecule has 0 spiro atoms. The average Bonchev–Trinajstić information content (AvgIpc) is 3.03. The molecular formula is C18H15NO4. The monoisotopic (exact) mass is 309 g/mol. The third kappa shape index (κ3) is 3.23. The summed E-state index contributed by atoms with van der Waals surface area (Å²) < 4.78 is 9.92. The average molecular weight is 309 g/mol. The van der Waals surface area contributed by atoms with Crippen molar-refractivity contribution in [3.8, 4) is 0 Å². The van der Waals surface area contributed by atoms with Gasteiger partial charge < -0.3 is 14.5 Å². The van der Waals surface area contributed by atoms with Crippen molar-refractivity contribution in [3.05, 3.63) is 71.4 Å². The minimum Gasteiger partial charge on any atom is -0.465 e. The summed E-state index contributed by atoms with van der Waals surface area (Å²) in [5.74, 6) is -0.815. The Bertz CT molecular complexity index is 816. The Morgan fingerprint density at radius 1 is 1.00 bits per heavy atom. The number of rotatable bonds is 4. The lowest BCUT2D eigenvalue weighted by atomic mass is 10.1. The SMILES string of the molecule is COC(=O)c1ccc(COC(=O)c2cc3ccccc3[nH]2)cc1. The maximum Gasteiger partial charge on any atom is 0.355 e. The molecule has 1 aromatic heterocycles. The molecule has 116 valence electrons. The molecule has 3 rings (SSSR count). The molecule has 0 saturated carbocycles. The van der Waals surface area contributed by atoms with Gasteiger partial charge in [0, 0.05) is 10.9 Å². The lowest BCUT2D eigenvalue weighted by Gasteiger charge is -2.04. The number of carbonyl (C=O) groups is 2. The molecule has 0 amide bonds. The van der Waals surface area contributed by atoms with E-state index < -0.39 is 11.9 Å². The summed E-state index contributed by atoms with van der Waals surface area (Å²) in [6.07, 6.45) is 0. The number of nitrogens with one attached hydrogen (secondary N) is 1. The maximum absolute atomic E-state index is 12.1. The number of benzene rings is 2. The zero-order valence-electron chi connectivity index (χ0n) is 12.5. The number of H-pyrrole nitrogens is 1. The molecule has 0 radical (unpaired) electrons. The summed E-state index contributed by atoms with van der Waals surface area (Å²) in [4.78, 5) is 26.5. The Balaban J connectivity index is 1.65. The van der Waals surface area contributed by atoms with Gasteiger partial charge in [-0.15, -0.1) is 0 Å². The molecule has 2 aromatic carbocycles. The summed E-state index contributed by atoms with van der Waals surface area (Å²) in [6, 6.07) is 16.1. The summed E-state index contributed by atoms with van der Waals surface area (Å²) in [7, 11) is 1.33. The highest BCUT2D eigenvalue weighted by Gasteiger charge is 2.11. The number of aromatic nitrogens is 1. The second-order valence-electron chi connectivity index (χ2n) is 5.03. The maximum atomic E-state index is 12.1. The Kier molecular flexibility index (Phi) is 4.10. The van der Waals surface area contributed by atoms with Gasteiger partial charge in [0.25, 0.3) is 0 Å². The van der Waals surface area contributed by atoms with E-state index >= 15 is 0 Å². The van der Waals surface area contributed by atoms with Crippen molar-refractivity contribution < 1.29 is 19.1 Å². The van der Waals surface area contributed by atoms with Crippen molar-refractivity contribution in [3.63, 3.8) is 0 Å². The zero-order chi connectivity index (χ0) is 16.2. The lowest BCUT2D eigenvalue weighted by Crippen LogP contribution is -2.06. The highest BCUT2D eigenvalue weighted by Crippen LogP contribution is 2.16. The molecule has 3 aromatic rings. The van der Waals surface area contributed by atoms with Crippen molar-refractivity contribution in [2.24, 2.45) is 0 Å². The Labute approximate surface area is 132 Å². The van der Waals surface area contributed by atoms with Crippen LogP contribution in [0.25, 0.3) is 10.9 Å². The quantitative estimate of drug-likeness (QED) is 0.751. The van der Waals surface area contributed by atoms with Crippen LogP contribution in [0.2, 0.25) is 0 Å². The highest BCUT2D eigenvalue weighted by molar-refractivity contribution is 5.94. The van der Waals surface area contributed by atoms with Crippen LogP contribution in [-0.4, -0.2) is 24.0 Å². The van der Waals surface area contributed by atoms with Crippen LogP contribution in [-0.2, 0) is 16.1 Å². The first kappa shape index (κ1) is 14.8. The molecule has 0 atom stereocenters. The fourth-order valence-electron chi connectivity index (χ4n) is 2.26. The van der Waals surface area contributed by atoms with Crippen molar-refractivity contribution in [2.75, 3.05) is 7.11 Å². The van der Waals surface area contributed by atoms with Crippen LogP contribution in [0.3, 0.4) is 0 Å². The van der Waals surface area contributed by atoms with Gasteiger partial charge in [-0.25, -0.2) is 9.59 Å². The fraction of sp³-hybridized carbons (Fsp3) is 0.111. The molecule has 0 bridgehead atoms. The molecule has 5 nitrogen and oxygen atoms in total. The number of esters is 2. The van der Waals surface area contributed by atoms with E-state index in [4.69, 9.17) is 4.74 Å². The van der Waals surface area contributed by atoms with Gasteiger partial charge in [-0.2, -0.15) is 0 Å². The van der Waals surface area contributed by atoms with E-state index in [1.54, 1.807) is 30.3 Å². The molecule has 1 heterocycles. The van der Waals surface area contributed by atoms with E-state index in [0.29, 0.717) is 11.3 Å². The van der Waals surface area contributed by atoms with E-state index in [1.165, 1.54) is 7.11 Å². The standard InChI is InChI=1S/C18H15NO4/c1-22-17(20)13-8-6-12(7-9-13)11-23-18(21)16-10-14-4-2-3-5-15(14)19-16/h2-10,19H,11H2,1H3. The first-order valence-corrected chi connectivity index (χ1v) is 7.09. The second-order valence-corrected chi connectivity index (χ2v) is 5.03. The molecule has 0 aliphatic rings. The predicted octanol–water partition coefficient (Wildman–Crippen LogP) is 3.31. The van der Waals surface area contributed by atoms with Gasteiger partial charge in [0.1, 0.15) is 12.3 Å². The van der Waals surface area contributed by atoms with Crippen LogP contribution in [0.4, 0.5) is 0 Å². The van der Waals surface area contributed by atoms with Crippen LogP contribution < -0.4 is 0 Å². The van der Waals surface area contributed by atoms with Gasteiger partial charge in [0.2, 0.25) is 0 Å². The summed E-state index contributed by atoms with van der Waals surface area (Å²) in [5, 5.41) is 0.960. The summed E-state index contributed by atoms with van der Waals surface area (Å²) in [6.45, 7) is 0.135. The third-order valence-electron chi connectivity index (χ3n) is 3.49. The molecule has 0 unspecified atom stereocenters. The number of hydrogen-bond donors (Lipinski definition) is 1. The minimum absolute atomic E-state index is 0.135. The Morgan fingerprint density at radius 2 is 1.74 bits per heavy atom. The van der Waals surface area contributed by atoms with Crippen molar-refractivity contribution in [1.82, 2.24) is 4.98 Å². The molecule has 1 N–H and O–H groups in total. The van der Waals surface area contributed by atoms with Crippen LogP contribution in [0.5, 0.6) is 0 Å². The normalized spacial score (nSPS) is 10.5. The number of fused-ring (bicyclic) bond motifs is 1. The predicted molar refractivity (Wildman–Crippen MR) is 85.2 cm³/mol. The van der Waals surface area contributed by atoms with E-state index in [-0.39, 0.29) is 6.61 Å². The molecule has 0 aliphatic heterocycles. The van der Waals surface area contributed by atoms with E-state index in [0.717, 1.165) is 16.5 Å². The van der Waals surface area contributed by atoms with Gasteiger partial charge in [-0.05, 0) is 29.8 Å². The Hall–Kier alpha value is -3.08. The number of methoxy groups -OCH3 is 1.